The van der Waals surface area contributed by atoms with Crippen LogP contribution in [-0.4, -0.2) is 9.97 Å². The maximum Gasteiger partial charge on any atom is 0.451 e. The van der Waals surface area contributed by atoms with Crippen molar-refractivity contribution in [1.82, 2.24) is 9.97 Å². The van der Waals surface area contributed by atoms with E-state index in [0.717, 1.165) is 0 Å². The molecule has 0 bridgehead atoms. The highest BCUT2D eigenvalue weighted by molar-refractivity contribution is 6.38. The van der Waals surface area contributed by atoms with Crippen molar-refractivity contribution < 1.29 is 13.2 Å². The molecule has 0 aliphatic carbocycles. The summed E-state index contributed by atoms with van der Waals surface area (Å²) in [7, 11) is 0. The van der Waals surface area contributed by atoms with Gasteiger partial charge in [-0.25, -0.2) is 9.97 Å². The Morgan fingerprint density at radius 1 is 1.12 bits per heavy atom. The van der Waals surface area contributed by atoms with Gasteiger partial charge in [-0.2, -0.15) is 13.2 Å². The number of rotatable bonds is 0. The number of aryl methyl sites for hydroxylation is 1. The normalized spacial score (nSPS) is 12.1. The topological polar surface area (TPSA) is 25.8 Å². The lowest BCUT2D eigenvalue weighted by Gasteiger charge is -2.09. The molecule has 0 unspecified atom stereocenters. The molecule has 2 rings (SSSR count). The SMILES string of the molecule is Cc1ccc(Cl)c2nc(C(F)(F)F)nc(Cl)c12. The fourth-order valence-corrected chi connectivity index (χ4v) is 1.96. The Morgan fingerprint density at radius 3 is 2.35 bits per heavy atom. The van der Waals surface area contributed by atoms with Crippen LogP contribution in [0.15, 0.2) is 12.1 Å². The molecule has 0 saturated carbocycles. The summed E-state index contributed by atoms with van der Waals surface area (Å²) in [6.45, 7) is 1.70. The molecule has 17 heavy (non-hydrogen) atoms. The van der Waals surface area contributed by atoms with Crippen LogP contribution in [0.25, 0.3) is 10.9 Å². The first-order chi connectivity index (χ1) is 7.80. The number of aromatic nitrogens is 2. The maximum atomic E-state index is 12.5. The Hall–Kier alpha value is -1.07. The molecule has 2 aromatic rings. The van der Waals surface area contributed by atoms with Crippen molar-refractivity contribution in [2.45, 2.75) is 13.1 Å². The van der Waals surface area contributed by atoms with Gasteiger partial charge in [0.2, 0.25) is 5.82 Å². The number of hydrogen-bond acceptors (Lipinski definition) is 2. The van der Waals surface area contributed by atoms with Crippen molar-refractivity contribution in [2.75, 3.05) is 0 Å². The number of alkyl halides is 3. The second kappa shape index (κ2) is 3.99. The van der Waals surface area contributed by atoms with Gasteiger partial charge in [-0.15, -0.1) is 0 Å². The van der Waals surface area contributed by atoms with Gasteiger partial charge in [0.05, 0.1) is 10.5 Å². The van der Waals surface area contributed by atoms with Crippen LogP contribution in [0.2, 0.25) is 10.2 Å². The van der Waals surface area contributed by atoms with Gasteiger partial charge in [-0.1, -0.05) is 29.3 Å². The van der Waals surface area contributed by atoms with E-state index in [2.05, 4.69) is 9.97 Å². The summed E-state index contributed by atoms with van der Waals surface area (Å²) in [6.07, 6.45) is -4.65. The van der Waals surface area contributed by atoms with Gasteiger partial charge in [0, 0.05) is 5.39 Å². The summed E-state index contributed by atoms with van der Waals surface area (Å²) < 4.78 is 37.5. The number of halogens is 5. The van der Waals surface area contributed by atoms with Crippen molar-refractivity contribution in [3.05, 3.63) is 33.7 Å². The Morgan fingerprint density at radius 2 is 1.76 bits per heavy atom. The van der Waals surface area contributed by atoms with Crippen LogP contribution >= 0.6 is 23.2 Å². The van der Waals surface area contributed by atoms with Crippen molar-refractivity contribution in [3.63, 3.8) is 0 Å². The summed E-state index contributed by atoms with van der Waals surface area (Å²) in [4.78, 5) is 6.66. The Kier molecular flexibility index (Phi) is 2.91. The molecule has 7 heteroatoms. The van der Waals surface area contributed by atoms with Gasteiger partial charge >= 0.3 is 6.18 Å². The van der Waals surface area contributed by atoms with E-state index in [-0.39, 0.29) is 15.7 Å². The molecule has 1 aromatic heterocycles. The van der Waals surface area contributed by atoms with E-state index in [4.69, 9.17) is 23.2 Å². The highest BCUT2D eigenvalue weighted by Gasteiger charge is 2.35. The minimum absolute atomic E-state index is 0.0130. The van der Waals surface area contributed by atoms with Crippen LogP contribution in [-0.2, 0) is 6.18 Å². The van der Waals surface area contributed by atoms with Crippen molar-refractivity contribution in [2.24, 2.45) is 0 Å². The highest BCUT2D eigenvalue weighted by Crippen LogP contribution is 2.33. The third-order valence-corrected chi connectivity index (χ3v) is 2.80. The number of benzene rings is 1. The van der Waals surface area contributed by atoms with Gasteiger partial charge in [0.15, 0.2) is 0 Å². The Bertz CT molecular complexity index is 596. The molecule has 0 amide bonds. The third-order valence-electron chi connectivity index (χ3n) is 2.22. The zero-order valence-electron chi connectivity index (χ0n) is 8.44. The van der Waals surface area contributed by atoms with Crippen molar-refractivity contribution >= 4 is 34.1 Å². The second-order valence-corrected chi connectivity index (χ2v) is 4.19. The molecular weight excluding hydrogens is 276 g/mol. The minimum Gasteiger partial charge on any atom is -0.223 e. The quantitative estimate of drug-likeness (QED) is 0.674. The first-order valence-corrected chi connectivity index (χ1v) is 5.26. The molecule has 0 aliphatic rings. The van der Waals surface area contributed by atoms with Gasteiger partial charge in [-0.05, 0) is 18.6 Å². The molecule has 0 fully saturated rings. The van der Waals surface area contributed by atoms with Crippen LogP contribution in [0, 0.1) is 6.92 Å². The van der Waals surface area contributed by atoms with Gasteiger partial charge < -0.3 is 0 Å². The predicted molar refractivity (Wildman–Crippen MR) is 59.3 cm³/mol. The van der Waals surface area contributed by atoms with Crippen LogP contribution in [0.3, 0.4) is 0 Å². The lowest BCUT2D eigenvalue weighted by atomic mass is 10.1. The molecule has 0 saturated heterocycles. The van der Waals surface area contributed by atoms with Crippen LogP contribution < -0.4 is 0 Å². The van der Waals surface area contributed by atoms with Gasteiger partial charge in [-0.3, -0.25) is 0 Å². The first-order valence-electron chi connectivity index (χ1n) is 4.50. The predicted octanol–water partition coefficient (Wildman–Crippen LogP) is 4.26. The zero-order valence-corrected chi connectivity index (χ0v) is 9.95. The monoisotopic (exact) mass is 280 g/mol. The average Bonchev–Trinajstić information content (AvgIpc) is 2.21. The van der Waals surface area contributed by atoms with E-state index in [1.165, 1.54) is 6.07 Å². The van der Waals surface area contributed by atoms with E-state index in [1.807, 2.05) is 0 Å². The molecule has 2 nitrogen and oxygen atoms in total. The van der Waals surface area contributed by atoms with Crippen LogP contribution in [0.1, 0.15) is 11.4 Å². The van der Waals surface area contributed by atoms with E-state index in [0.29, 0.717) is 10.9 Å². The fraction of sp³-hybridized carbons (Fsp3) is 0.200. The van der Waals surface area contributed by atoms with E-state index in [9.17, 15) is 13.2 Å². The molecule has 0 atom stereocenters. The van der Waals surface area contributed by atoms with Gasteiger partial charge in [0.25, 0.3) is 0 Å². The largest absolute Gasteiger partial charge is 0.451 e. The highest BCUT2D eigenvalue weighted by atomic mass is 35.5. The summed E-state index contributed by atoms with van der Waals surface area (Å²) in [6, 6.07) is 3.12. The molecule has 1 aromatic carbocycles. The number of nitrogens with zero attached hydrogens (tertiary/aromatic N) is 2. The minimum atomic E-state index is -4.65. The van der Waals surface area contributed by atoms with Crippen molar-refractivity contribution in [3.8, 4) is 0 Å². The average molecular weight is 281 g/mol. The first kappa shape index (κ1) is 12.4. The van der Waals surface area contributed by atoms with Crippen molar-refractivity contribution in [1.29, 1.82) is 0 Å². The summed E-state index contributed by atoms with van der Waals surface area (Å²) in [5.74, 6) is -1.29. The molecular formula is C10H5Cl2F3N2. The van der Waals surface area contributed by atoms with Gasteiger partial charge in [0.1, 0.15) is 5.15 Å². The molecule has 0 N–H and O–H groups in total. The molecule has 0 aliphatic heterocycles. The summed E-state index contributed by atoms with van der Waals surface area (Å²) in [5, 5.41) is 0.204. The van der Waals surface area contributed by atoms with E-state index < -0.39 is 12.0 Å². The van der Waals surface area contributed by atoms with Crippen LogP contribution in [0.4, 0.5) is 13.2 Å². The summed E-state index contributed by atoms with van der Waals surface area (Å²) in [5.41, 5.74) is 0.683. The summed E-state index contributed by atoms with van der Waals surface area (Å²) >= 11 is 11.5. The Labute approximate surface area is 104 Å². The molecule has 1 heterocycles. The molecule has 0 radical (unpaired) electrons. The smallest absolute Gasteiger partial charge is 0.223 e. The lowest BCUT2D eigenvalue weighted by Crippen LogP contribution is -2.11. The van der Waals surface area contributed by atoms with Crippen LogP contribution in [0.5, 0.6) is 0 Å². The Balaban J connectivity index is 2.87. The number of hydrogen-bond donors (Lipinski definition) is 0. The third kappa shape index (κ3) is 2.17. The second-order valence-electron chi connectivity index (χ2n) is 3.42. The molecule has 0 spiro atoms. The zero-order chi connectivity index (χ0) is 12.8. The maximum absolute atomic E-state index is 12.5. The molecule has 90 valence electrons. The fourth-order valence-electron chi connectivity index (χ4n) is 1.44. The number of fused-ring (bicyclic) bond motifs is 1. The lowest BCUT2D eigenvalue weighted by molar-refractivity contribution is -0.144. The van der Waals surface area contributed by atoms with E-state index in [1.54, 1.807) is 13.0 Å². The standard InChI is InChI=1S/C10H5Cl2F3N2/c1-4-2-3-5(11)7-6(4)8(12)17-9(16-7)10(13,14)15/h2-3H,1H3. The van der Waals surface area contributed by atoms with E-state index >= 15 is 0 Å².